The van der Waals surface area contributed by atoms with Crippen molar-refractivity contribution in [2.45, 2.75) is 20.8 Å². The summed E-state index contributed by atoms with van der Waals surface area (Å²) in [5, 5.41) is 3.39. The normalized spacial score (nSPS) is 10.6. The third kappa shape index (κ3) is 4.51. The van der Waals surface area contributed by atoms with Gasteiger partial charge in [-0.25, -0.2) is 4.98 Å². The number of thiazole rings is 1. The standard InChI is InChI=1S/C20H19BrN2O2S/c1-12-4-7-15(8-5-12)19-14(3)26-20(23-19)22-18(24)11-25-17-9-6-13(2)10-16(17)21/h4-10H,11H2,1-3H3,(H,22,23,24). The Hall–Kier alpha value is -2.18. The molecular formula is C20H19BrN2O2S. The van der Waals surface area contributed by atoms with Crippen molar-refractivity contribution in [3.63, 3.8) is 0 Å². The van der Waals surface area contributed by atoms with Gasteiger partial charge in [0.15, 0.2) is 11.7 Å². The lowest BCUT2D eigenvalue weighted by atomic mass is 10.1. The lowest BCUT2D eigenvalue weighted by Crippen LogP contribution is -2.20. The van der Waals surface area contributed by atoms with E-state index in [2.05, 4.69) is 45.3 Å². The molecule has 0 bridgehead atoms. The van der Waals surface area contributed by atoms with Crippen molar-refractivity contribution >= 4 is 38.3 Å². The van der Waals surface area contributed by atoms with Gasteiger partial charge in [0.05, 0.1) is 10.2 Å². The lowest BCUT2D eigenvalue weighted by Gasteiger charge is -2.08. The van der Waals surface area contributed by atoms with Gasteiger partial charge in [-0.3, -0.25) is 10.1 Å². The first-order valence-electron chi connectivity index (χ1n) is 8.15. The van der Waals surface area contributed by atoms with Crippen LogP contribution in [0.15, 0.2) is 46.9 Å². The molecule has 0 aliphatic rings. The number of carbonyl (C=O) groups is 1. The number of halogens is 1. The number of carbonyl (C=O) groups excluding carboxylic acids is 1. The summed E-state index contributed by atoms with van der Waals surface area (Å²) in [5.41, 5.74) is 4.27. The fourth-order valence-electron chi connectivity index (χ4n) is 2.45. The molecule has 0 fully saturated rings. The van der Waals surface area contributed by atoms with E-state index >= 15 is 0 Å². The summed E-state index contributed by atoms with van der Waals surface area (Å²) < 4.78 is 6.41. The molecule has 0 unspecified atom stereocenters. The van der Waals surface area contributed by atoms with Crippen LogP contribution in [-0.2, 0) is 4.79 Å². The van der Waals surface area contributed by atoms with Gasteiger partial charge in [-0.05, 0) is 54.4 Å². The molecule has 3 aromatic rings. The first-order chi connectivity index (χ1) is 12.4. The van der Waals surface area contributed by atoms with Crippen LogP contribution in [0.4, 0.5) is 5.13 Å². The van der Waals surface area contributed by atoms with E-state index in [0.29, 0.717) is 10.9 Å². The van der Waals surface area contributed by atoms with Crippen LogP contribution in [0, 0.1) is 20.8 Å². The van der Waals surface area contributed by atoms with Crippen molar-refractivity contribution in [1.82, 2.24) is 4.98 Å². The number of aryl methyl sites for hydroxylation is 3. The molecule has 0 saturated heterocycles. The average Bonchev–Trinajstić information content (AvgIpc) is 2.95. The summed E-state index contributed by atoms with van der Waals surface area (Å²) in [6.45, 7) is 5.98. The zero-order chi connectivity index (χ0) is 18.7. The maximum absolute atomic E-state index is 12.2. The Balaban J connectivity index is 1.64. The van der Waals surface area contributed by atoms with Crippen LogP contribution in [0.25, 0.3) is 11.3 Å². The third-order valence-electron chi connectivity index (χ3n) is 3.81. The van der Waals surface area contributed by atoms with Crippen LogP contribution in [0.1, 0.15) is 16.0 Å². The minimum absolute atomic E-state index is 0.0693. The molecule has 0 radical (unpaired) electrons. The quantitative estimate of drug-likeness (QED) is 0.579. The van der Waals surface area contributed by atoms with Crippen LogP contribution >= 0.6 is 27.3 Å². The minimum Gasteiger partial charge on any atom is -0.483 e. The van der Waals surface area contributed by atoms with Crippen LogP contribution in [0.5, 0.6) is 5.75 Å². The fraction of sp³-hybridized carbons (Fsp3) is 0.200. The minimum atomic E-state index is -0.235. The number of anilines is 1. The molecule has 2 aromatic carbocycles. The van der Waals surface area contributed by atoms with Crippen LogP contribution in [-0.4, -0.2) is 17.5 Å². The van der Waals surface area contributed by atoms with E-state index in [-0.39, 0.29) is 12.5 Å². The van der Waals surface area contributed by atoms with E-state index in [1.165, 1.54) is 16.9 Å². The molecule has 1 N–H and O–H groups in total. The van der Waals surface area contributed by atoms with Crippen molar-refractivity contribution in [3.8, 4) is 17.0 Å². The summed E-state index contributed by atoms with van der Waals surface area (Å²) in [5.74, 6) is 0.406. The monoisotopic (exact) mass is 430 g/mol. The smallest absolute Gasteiger partial charge is 0.264 e. The molecule has 0 aliphatic heterocycles. The molecule has 0 atom stereocenters. The van der Waals surface area contributed by atoms with Crippen molar-refractivity contribution in [3.05, 3.63) is 62.9 Å². The van der Waals surface area contributed by atoms with Gasteiger partial charge >= 0.3 is 0 Å². The van der Waals surface area contributed by atoms with Gasteiger partial charge < -0.3 is 4.74 Å². The fourth-order valence-corrected chi connectivity index (χ4v) is 3.91. The Morgan fingerprint density at radius 1 is 1.12 bits per heavy atom. The summed E-state index contributed by atoms with van der Waals surface area (Å²) in [4.78, 5) is 17.8. The molecule has 6 heteroatoms. The Kier molecular flexibility index (Phi) is 5.74. The van der Waals surface area contributed by atoms with Crippen LogP contribution < -0.4 is 10.1 Å². The van der Waals surface area contributed by atoms with Crippen molar-refractivity contribution in [1.29, 1.82) is 0 Å². The SMILES string of the molecule is Cc1ccc(-c2nc(NC(=O)COc3ccc(C)cc3Br)sc2C)cc1. The molecule has 134 valence electrons. The average molecular weight is 431 g/mol. The number of nitrogens with zero attached hydrogens (tertiary/aromatic N) is 1. The topological polar surface area (TPSA) is 51.2 Å². The third-order valence-corrected chi connectivity index (χ3v) is 5.32. The Labute approximate surface area is 165 Å². The molecule has 0 aliphatic carbocycles. The maximum atomic E-state index is 12.2. The number of aromatic nitrogens is 1. The van der Waals surface area contributed by atoms with E-state index in [0.717, 1.165) is 26.2 Å². The Morgan fingerprint density at radius 2 is 1.81 bits per heavy atom. The number of amides is 1. The van der Waals surface area contributed by atoms with Crippen molar-refractivity contribution in [2.24, 2.45) is 0 Å². The van der Waals surface area contributed by atoms with E-state index in [4.69, 9.17) is 4.74 Å². The first-order valence-corrected chi connectivity index (χ1v) is 9.76. The number of hydrogen-bond donors (Lipinski definition) is 1. The predicted molar refractivity (Wildman–Crippen MR) is 110 cm³/mol. The lowest BCUT2D eigenvalue weighted by molar-refractivity contribution is -0.118. The molecule has 3 rings (SSSR count). The summed E-state index contributed by atoms with van der Waals surface area (Å²) >= 11 is 4.90. The van der Waals surface area contributed by atoms with E-state index in [9.17, 15) is 4.79 Å². The summed E-state index contributed by atoms with van der Waals surface area (Å²) in [6.07, 6.45) is 0. The zero-order valence-corrected chi connectivity index (χ0v) is 17.2. The van der Waals surface area contributed by atoms with Crippen LogP contribution in [0.3, 0.4) is 0 Å². The second kappa shape index (κ2) is 8.01. The number of ether oxygens (including phenoxy) is 1. The molecule has 26 heavy (non-hydrogen) atoms. The molecule has 0 saturated carbocycles. The van der Waals surface area contributed by atoms with Gasteiger partial charge in [0.2, 0.25) is 0 Å². The number of benzene rings is 2. The highest BCUT2D eigenvalue weighted by molar-refractivity contribution is 9.10. The second-order valence-corrected chi connectivity index (χ2v) is 8.12. The summed E-state index contributed by atoms with van der Waals surface area (Å²) in [6, 6.07) is 13.9. The van der Waals surface area contributed by atoms with Crippen LogP contribution in [0.2, 0.25) is 0 Å². The molecule has 1 aromatic heterocycles. The van der Waals surface area contributed by atoms with E-state index in [1.54, 1.807) is 0 Å². The molecular weight excluding hydrogens is 412 g/mol. The molecule has 1 heterocycles. The number of nitrogens with one attached hydrogen (secondary N) is 1. The number of rotatable bonds is 5. The van der Waals surface area contributed by atoms with E-state index < -0.39 is 0 Å². The molecule has 4 nitrogen and oxygen atoms in total. The van der Waals surface area contributed by atoms with Gasteiger partial charge in [0, 0.05) is 10.4 Å². The highest BCUT2D eigenvalue weighted by Crippen LogP contribution is 2.30. The first kappa shape index (κ1) is 18.6. The summed E-state index contributed by atoms with van der Waals surface area (Å²) in [7, 11) is 0. The van der Waals surface area contributed by atoms with Gasteiger partial charge in [-0.1, -0.05) is 35.9 Å². The van der Waals surface area contributed by atoms with Gasteiger partial charge in [-0.15, -0.1) is 11.3 Å². The maximum Gasteiger partial charge on any atom is 0.264 e. The Bertz CT molecular complexity index is 935. The Morgan fingerprint density at radius 3 is 2.50 bits per heavy atom. The molecule has 0 spiro atoms. The van der Waals surface area contributed by atoms with Crippen molar-refractivity contribution < 1.29 is 9.53 Å². The van der Waals surface area contributed by atoms with Gasteiger partial charge in [0.1, 0.15) is 5.75 Å². The predicted octanol–water partition coefficient (Wildman–Crippen LogP) is 5.52. The second-order valence-electron chi connectivity index (χ2n) is 6.06. The van der Waals surface area contributed by atoms with Crippen molar-refractivity contribution in [2.75, 3.05) is 11.9 Å². The highest BCUT2D eigenvalue weighted by Gasteiger charge is 2.13. The highest BCUT2D eigenvalue weighted by atomic mass is 79.9. The zero-order valence-electron chi connectivity index (χ0n) is 14.8. The molecule has 1 amide bonds. The largest absolute Gasteiger partial charge is 0.483 e. The van der Waals surface area contributed by atoms with Gasteiger partial charge in [0.25, 0.3) is 5.91 Å². The van der Waals surface area contributed by atoms with Gasteiger partial charge in [-0.2, -0.15) is 0 Å². The van der Waals surface area contributed by atoms with E-state index in [1.807, 2.05) is 44.2 Å². The number of hydrogen-bond acceptors (Lipinski definition) is 4.